The number of ether oxygens (including phenoxy) is 2. The number of esters is 1. The molecule has 42 heavy (non-hydrogen) atoms. The van der Waals surface area contributed by atoms with Crippen LogP contribution in [0, 0.1) is 0 Å². The summed E-state index contributed by atoms with van der Waals surface area (Å²) in [5.41, 5.74) is -2.26. The molecule has 1 aliphatic rings. The first-order valence-electron chi connectivity index (χ1n) is 12.2. The summed E-state index contributed by atoms with van der Waals surface area (Å²) in [6.07, 6.45) is 1.60. The van der Waals surface area contributed by atoms with E-state index in [0.717, 1.165) is 11.3 Å². The minimum Gasteiger partial charge on any atom is -0.457 e. The number of nitrogens with one attached hydrogen (secondary N) is 2. The monoisotopic (exact) mass is 630 g/mol. The Hall–Kier alpha value is -4.17. The molecular weight excluding hydrogens is 600 g/mol. The number of β-lactam (4-membered cyclic amide) rings is 1. The minimum atomic E-state index is -4.97. The van der Waals surface area contributed by atoms with Crippen LogP contribution in [0.25, 0.3) is 0 Å². The molecule has 1 fully saturated rings. The van der Waals surface area contributed by atoms with E-state index in [2.05, 4.69) is 30.9 Å². The van der Waals surface area contributed by atoms with Gasteiger partial charge in [-0.2, -0.15) is 13.5 Å². The maximum Gasteiger partial charge on any atom is 0.413 e. The number of anilines is 1. The highest BCUT2D eigenvalue weighted by Crippen LogP contribution is 2.25. The highest BCUT2D eigenvalue weighted by Gasteiger charge is 2.54. The number of oxime groups is 1. The molecule has 0 aromatic carbocycles. The predicted octanol–water partition coefficient (Wildman–Crippen LogP) is 0.343. The summed E-state index contributed by atoms with van der Waals surface area (Å²) < 4.78 is 44.8. The van der Waals surface area contributed by atoms with Gasteiger partial charge in [0, 0.05) is 5.38 Å². The largest absolute Gasteiger partial charge is 0.457 e. The summed E-state index contributed by atoms with van der Waals surface area (Å²) in [5, 5.41) is 13.7. The van der Waals surface area contributed by atoms with E-state index >= 15 is 0 Å². The van der Waals surface area contributed by atoms with E-state index in [1.165, 1.54) is 22.7 Å². The fourth-order valence-electron chi connectivity index (χ4n) is 3.42. The van der Waals surface area contributed by atoms with Gasteiger partial charge >= 0.3 is 22.4 Å². The summed E-state index contributed by atoms with van der Waals surface area (Å²) in [6.45, 7) is 8.98. The van der Waals surface area contributed by atoms with Gasteiger partial charge in [-0.15, -0.1) is 11.3 Å². The van der Waals surface area contributed by atoms with Crippen molar-refractivity contribution in [2.75, 3.05) is 11.9 Å². The van der Waals surface area contributed by atoms with E-state index in [-0.39, 0.29) is 21.7 Å². The van der Waals surface area contributed by atoms with Crippen LogP contribution in [0.15, 0.2) is 23.2 Å². The van der Waals surface area contributed by atoms with E-state index in [1.807, 2.05) is 0 Å². The number of hydrogen-bond acceptors (Lipinski definition) is 14. The number of aromatic nitrogens is 4. The average Bonchev–Trinajstić information content (AvgIpc) is 3.48. The normalized spacial score (nSPS) is 17.7. The van der Waals surface area contributed by atoms with Crippen molar-refractivity contribution in [3.63, 3.8) is 0 Å². The van der Waals surface area contributed by atoms with Crippen LogP contribution in [0.5, 0.6) is 0 Å². The highest BCUT2D eigenvalue weighted by molar-refractivity contribution is 7.84. The van der Waals surface area contributed by atoms with Crippen molar-refractivity contribution in [2.24, 2.45) is 5.16 Å². The third kappa shape index (κ3) is 8.91. The summed E-state index contributed by atoms with van der Waals surface area (Å²) in [6, 6.07) is -2.72. The predicted molar refractivity (Wildman–Crippen MR) is 144 cm³/mol. The molecule has 1 aliphatic heterocycles. The topological polar surface area (TPSA) is 234 Å². The molecule has 0 spiro atoms. The van der Waals surface area contributed by atoms with Crippen LogP contribution in [0.3, 0.4) is 0 Å². The van der Waals surface area contributed by atoms with Gasteiger partial charge in [-0.05, 0) is 41.5 Å². The van der Waals surface area contributed by atoms with Crippen molar-refractivity contribution in [2.45, 2.75) is 71.4 Å². The van der Waals surface area contributed by atoms with Crippen LogP contribution in [0.2, 0.25) is 0 Å². The van der Waals surface area contributed by atoms with Gasteiger partial charge in [-0.1, -0.05) is 5.16 Å². The Morgan fingerprint density at radius 1 is 1.14 bits per heavy atom. The van der Waals surface area contributed by atoms with Gasteiger partial charge in [0.15, 0.2) is 10.8 Å². The molecule has 18 nitrogen and oxygen atoms in total. The SMILES string of the molecule is CC(C)(C)OC(=O)CO/N=C(/C(=O)N[C@@H]1C(=O)N(S(=O)(=O)O)[C@@H]1Cn1cncn1)c1csc(NC(=O)OC(C)(C)C)n1. The molecule has 0 saturated carbocycles. The zero-order valence-electron chi connectivity index (χ0n) is 23.4. The average molecular weight is 631 g/mol. The second-order valence-electron chi connectivity index (χ2n) is 10.7. The molecule has 2 atom stereocenters. The van der Waals surface area contributed by atoms with Crippen LogP contribution >= 0.6 is 11.3 Å². The molecule has 0 unspecified atom stereocenters. The van der Waals surface area contributed by atoms with Crippen molar-refractivity contribution in [1.29, 1.82) is 0 Å². The van der Waals surface area contributed by atoms with Crippen LogP contribution in [-0.2, 0) is 45.5 Å². The molecule has 230 valence electrons. The summed E-state index contributed by atoms with van der Waals surface area (Å²) >= 11 is 0.906. The molecule has 0 bridgehead atoms. The lowest BCUT2D eigenvalue weighted by Crippen LogP contribution is -2.73. The molecule has 3 rings (SSSR count). The third-order valence-corrected chi connectivity index (χ3v) is 6.58. The fourth-order valence-corrected chi connectivity index (χ4v) is 4.98. The lowest BCUT2D eigenvalue weighted by molar-refractivity contribution is -0.160. The zero-order chi connectivity index (χ0) is 31.5. The number of carbonyl (C=O) groups excluding carboxylic acids is 4. The van der Waals surface area contributed by atoms with Crippen LogP contribution in [-0.4, -0.2) is 96.5 Å². The molecule has 2 aromatic heterocycles. The third-order valence-electron chi connectivity index (χ3n) is 4.87. The van der Waals surface area contributed by atoms with Gasteiger partial charge in [0.1, 0.15) is 35.6 Å². The second kappa shape index (κ2) is 12.4. The van der Waals surface area contributed by atoms with E-state index in [4.69, 9.17) is 14.3 Å². The number of amides is 3. The number of nitrogens with zero attached hydrogens (tertiary/aromatic N) is 6. The Bertz CT molecular complexity index is 1460. The highest BCUT2D eigenvalue weighted by atomic mass is 32.2. The first-order chi connectivity index (χ1) is 19.3. The van der Waals surface area contributed by atoms with Crippen LogP contribution in [0.1, 0.15) is 47.2 Å². The van der Waals surface area contributed by atoms with Gasteiger partial charge < -0.3 is 19.6 Å². The van der Waals surface area contributed by atoms with Crippen molar-refractivity contribution < 1.29 is 46.5 Å². The quantitative estimate of drug-likeness (QED) is 0.106. The molecule has 3 heterocycles. The van der Waals surface area contributed by atoms with Gasteiger partial charge in [0.25, 0.3) is 11.8 Å². The van der Waals surface area contributed by atoms with Crippen LogP contribution in [0.4, 0.5) is 9.93 Å². The maximum atomic E-state index is 13.3. The Balaban J connectivity index is 1.84. The summed E-state index contributed by atoms with van der Waals surface area (Å²) in [7, 11) is -4.97. The first kappa shape index (κ1) is 32.3. The van der Waals surface area contributed by atoms with Gasteiger partial charge in [0.2, 0.25) is 6.61 Å². The fraction of sp³-hybridized carbons (Fsp3) is 0.545. The van der Waals surface area contributed by atoms with Gasteiger partial charge in [0.05, 0.1) is 12.6 Å². The molecule has 20 heteroatoms. The second-order valence-corrected chi connectivity index (χ2v) is 12.9. The molecule has 0 radical (unpaired) electrons. The Morgan fingerprint density at radius 3 is 2.38 bits per heavy atom. The number of rotatable bonds is 10. The number of thiazole rings is 1. The van der Waals surface area contributed by atoms with E-state index in [9.17, 15) is 32.1 Å². The number of hydrogen-bond donors (Lipinski definition) is 3. The zero-order valence-corrected chi connectivity index (χ0v) is 25.1. The van der Waals surface area contributed by atoms with E-state index in [1.54, 1.807) is 41.5 Å². The van der Waals surface area contributed by atoms with Gasteiger partial charge in [-0.3, -0.25) is 24.1 Å². The van der Waals surface area contributed by atoms with Crippen molar-refractivity contribution in [3.8, 4) is 0 Å². The maximum absolute atomic E-state index is 13.3. The van der Waals surface area contributed by atoms with Crippen molar-refractivity contribution in [1.82, 2.24) is 29.4 Å². The minimum absolute atomic E-state index is 0.0215. The van der Waals surface area contributed by atoms with Crippen molar-refractivity contribution >= 4 is 56.4 Å². The number of carbonyl (C=O) groups is 4. The van der Waals surface area contributed by atoms with Crippen molar-refractivity contribution in [3.05, 3.63) is 23.7 Å². The molecule has 3 N–H and O–H groups in total. The first-order valence-corrected chi connectivity index (χ1v) is 14.4. The van der Waals surface area contributed by atoms with E-state index in [0.29, 0.717) is 0 Å². The molecule has 1 saturated heterocycles. The molecule has 2 aromatic rings. The lowest BCUT2D eigenvalue weighted by atomic mass is 9.98. The van der Waals surface area contributed by atoms with Gasteiger partial charge in [-0.25, -0.2) is 23.9 Å². The Labute approximate surface area is 244 Å². The summed E-state index contributed by atoms with van der Waals surface area (Å²) in [4.78, 5) is 63.0. The standard InChI is InChI=1S/C22H30N8O10S2/c1-21(2,3)39-14(31)8-38-28-15(12-9-41-19(25-12)27-20(34)40-22(4,5)6)17(32)26-16-13(7-29-11-23-10-24-29)30(18(16)33)42(35,36)37/h9-11,13,16H,7-8H2,1-6H3,(H,26,32)(H,25,27,34)(H,35,36,37)/b28-15+/t13-,16+/m1/s1. The Kier molecular flexibility index (Phi) is 9.53. The summed E-state index contributed by atoms with van der Waals surface area (Å²) in [5.74, 6) is -2.97. The van der Waals surface area contributed by atoms with E-state index < -0.39 is 69.8 Å². The van der Waals surface area contributed by atoms with Crippen LogP contribution < -0.4 is 10.6 Å². The molecular formula is C22H30N8O10S2. The molecule has 0 aliphatic carbocycles. The Morgan fingerprint density at radius 2 is 1.81 bits per heavy atom. The smallest absolute Gasteiger partial charge is 0.413 e. The lowest BCUT2D eigenvalue weighted by Gasteiger charge is -2.43. The molecule has 3 amide bonds.